The van der Waals surface area contributed by atoms with Crippen LogP contribution < -0.4 is 4.74 Å². The molecule has 10 heteroatoms. The summed E-state index contributed by atoms with van der Waals surface area (Å²) in [6, 6.07) is 14.0. The molecule has 9 nitrogen and oxygen atoms in total. The van der Waals surface area contributed by atoms with Crippen LogP contribution in [0.1, 0.15) is 32.3 Å². The number of methoxy groups -OCH3 is 2. The monoisotopic (exact) mass is 518 g/mol. The lowest BCUT2D eigenvalue weighted by Crippen LogP contribution is -2.47. The van der Waals surface area contributed by atoms with E-state index in [2.05, 4.69) is 0 Å². The standard InChI is InChI=1S/C26H34N2O7S/c1-5-15-27(25(29)19(2)35-18-20-9-7-6-8-10-20)21-16-24(26(30)34-4)28(17-21)36(31,32)23-13-11-22(33-3)12-14-23/h6-14,19,21,24H,5,15-18H2,1-4H3/t19-,21-,24+/m0/s1. The molecule has 3 rings (SSSR count). The summed E-state index contributed by atoms with van der Waals surface area (Å²) in [5, 5.41) is 0. The Bertz CT molecular complexity index is 1120. The Morgan fingerprint density at radius 2 is 1.75 bits per heavy atom. The maximum absolute atomic E-state index is 13.5. The van der Waals surface area contributed by atoms with Crippen LogP contribution in [-0.2, 0) is 35.7 Å². The highest BCUT2D eigenvalue weighted by Gasteiger charge is 2.47. The Morgan fingerprint density at radius 3 is 2.33 bits per heavy atom. The second-order valence-electron chi connectivity index (χ2n) is 8.65. The number of hydrogen-bond donors (Lipinski definition) is 0. The SMILES string of the molecule is CCCN(C(=O)[C@H](C)OCc1ccccc1)[C@H]1C[C@H](C(=O)OC)N(S(=O)(=O)c2ccc(OC)cc2)C1. The van der Waals surface area contributed by atoms with Gasteiger partial charge in [-0.25, -0.2) is 8.42 Å². The number of ether oxygens (including phenoxy) is 3. The number of carbonyl (C=O) groups excluding carboxylic acids is 2. The summed E-state index contributed by atoms with van der Waals surface area (Å²) in [5.74, 6) is -0.390. The molecule has 0 saturated carbocycles. The van der Waals surface area contributed by atoms with Crippen LogP contribution in [0.3, 0.4) is 0 Å². The van der Waals surface area contributed by atoms with E-state index in [4.69, 9.17) is 14.2 Å². The Labute approximate surface area is 213 Å². The predicted octanol–water partition coefficient (Wildman–Crippen LogP) is 2.84. The Morgan fingerprint density at radius 1 is 1.08 bits per heavy atom. The average molecular weight is 519 g/mol. The van der Waals surface area contributed by atoms with E-state index < -0.39 is 34.2 Å². The van der Waals surface area contributed by atoms with Gasteiger partial charge >= 0.3 is 5.97 Å². The van der Waals surface area contributed by atoms with Crippen LogP contribution in [-0.4, -0.2) is 75.0 Å². The minimum Gasteiger partial charge on any atom is -0.497 e. The third-order valence-corrected chi connectivity index (χ3v) is 8.14. The first kappa shape index (κ1) is 27.6. The molecule has 1 heterocycles. The van der Waals surface area contributed by atoms with Crippen LogP contribution >= 0.6 is 0 Å². The van der Waals surface area contributed by atoms with Crippen LogP contribution in [0.5, 0.6) is 5.75 Å². The molecule has 196 valence electrons. The van der Waals surface area contributed by atoms with Crippen LogP contribution in [0.25, 0.3) is 0 Å². The molecule has 0 radical (unpaired) electrons. The topological polar surface area (TPSA) is 102 Å². The Kier molecular flexibility index (Phi) is 9.47. The fourth-order valence-electron chi connectivity index (χ4n) is 4.32. The van der Waals surface area contributed by atoms with Gasteiger partial charge in [0.25, 0.3) is 5.91 Å². The van der Waals surface area contributed by atoms with E-state index in [-0.39, 0.29) is 30.4 Å². The van der Waals surface area contributed by atoms with Gasteiger partial charge in [0.15, 0.2) is 0 Å². The molecule has 2 aromatic carbocycles. The van der Waals surface area contributed by atoms with Gasteiger partial charge in [0.1, 0.15) is 17.9 Å². The quantitative estimate of drug-likeness (QED) is 0.422. The molecular weight excluding hydrogens is 484 g/mol. The fraction of sp³-hybridized carbons (Fsp3) is 0.462. The van der Waals surface area contributed by atoms with E-state index in [1.165, 1.54) is 26.4 Å². The molecule has 0 N–H and O–H groups in total. The molecule has 36 heavy (non-hydrogen) atoms. The molecule has 0 bridgehead atoms. The summed E-state index contributed by atoms with van der Waals surface area (Å²) in [7, 11) is -1.32. The maximum Gasteiger partial charge on any atom is 0.324 e. The van der Waals surface area contributed by atoms with Crippen molar-refractivity contribution < 1.29 is 32.2 Å². The van der Waals surface area contributed by atoms with Crippen LogP contribution in [0.15, 0.2) is 59.5 Å². The van der Waals surface area contributed by atoms with Crippen molar-refractivity contribution in [3.8, 4) is 5.75 Å². The lowest BCUT2D eigenvalue weighted by molar-refractivity contribution is -0.147. The number of carbonyl (C=O) groups is 2. The third kappa shape index (κ3) is 6.24. The number of rotatable bonds is 11. The largest absolute Gasteiger partial charge is 0.497 e. The van der Waals surface area contributed by atoms with Crippen LogP contribution in [0, 0.1) is 0 Å². The van der Waals surface area contributed by atoms with Gasteiger partial charge in [-0.2, -0.15) is 4.31 Å². The fourth-order valence-corrected chi connectivity index (χ4v) is 5.95. The molecule has 0 aliphatic carbocycles. The summed E-state index contributed by atoms with van der Waals surface area (Å²) in [6.45, 7) is 4.29. The second-order valence-corrected chi connectivity index (χ2v) is 10.5. The highest BCUT2D eigenvalue weighted by Crippen LogP contribution is 2.31. The molecule has 1 aliphatic heterocycles. The summed E-state index contributed by atoms with van der Waals surface area (Å²) in [4.78, 5) is 27.7. The molecular formula is C26H34N2O7S. The van der Waals surface area contributed by atoms with Crippen molar-refractivity contribution in [3.63, 3.8) is 0 Å². The van der Waals surface area contributed by atoms with Crippen LogP contribution in [0.4, 0.5) is 0 Å². The van der Waals surface area contributed by atoms with Gasteiger partial charge in [-0.05, 0) is 49.6 Å². The van der Waals surface area contributed by atoms with Crippen molar-refractivity contribution in [1.29, 1.82) is 0 Å². The van der Waals surface area contributed by atoms with Gasteiger partial charge in [-0.3, -0.25) is 9.59 Å². The van der Waals surface area contributed by atoms with E-state index in [0.717, 1.165) is 9.87 Å². The van der Waals surface area contributed by atoms with Gasteiger partial charge in [0.05, 0.1) is 25.7 Å². The van der Waals surface area contributed by atoms with Crippen molar-refractivity contribution in [3.05, 3.63) is 60.2 Å². The third-order valence-electron chi connectivity index (χ3n) is 6.25. The molecule has 1 saturated heterocycles. The smallest absolute Gasteiger partial charge is 0.324 e. The van der Waals surface area contributed by atoms with Crippen LogP contribution in [0.2, 0.25) is 0 Å². The summed E-state index contributed by atoms with van der Waals surface area (Å²) < 4.78 is 44.0. The van der Waals surface area contributed by atoms with Gasteiger partial charge in [-0.15, -0.1) is 0 Å². The highest BCUT2D eigenvalue weighted by molar-refractivity contribution is 7.89. The molecule has 3 atom stereocenters. The van der Waals surface area contributed by atoms with Crippen molar-refractivity contribution >= 4 is 21.9 Å². The van der Waals surface area contributed by atoms with Gasteiger partial charge in [0.2, 0.25) is 10.0 Å². The Hall–Kier alpha value is -2.95. The van der Waals surface area contributed by atoms with Gasteiger partial charge in [0, 0.05) is 19.1 Å². The first-order chi connectivity index (χ1) is 17.2. The molecule has 0 aromatic heterocycles. The normalized spacial score (nSPS) is 19.0. The molecule has 1 aliphatic rings. The maximum atomic E-state index is 13.5. The van der Waals surface area contributed by atoms with Crippen molar-refractivity contribution in [2.24, 2.45) is 0 Å². The minimum absolute atomic E-state index is 0.0225. The summed E-state index contributed by atoms with van der Waals surface area (Å²) in [5.41, 5.74) is 0.947. The molecule has 1 fully saturated rings. The summed E-state index contributed by atoms with van der Waals surface area (Å²) >= 11 is 0. The van der Waals surface area contributed by atoms with E-state index in [1.54, 1.807) is 24.0 Å². The van der Waals surface area contributed by atoms with Gasteiger partial charge < -0.3 is 19.1 Å². The highest BCUT2D eigenvalue weighted by atomic mass is 32.2. The second kappa shape index (κ2) is 12.3. The first-order valence-corrected chi connectivity index (χ1v) is 13.4. The van der Waals surface area contributed by atoms with Crippen molar-refractivity contribution in [2.75, 3.05) is 27.3 Å². The predicted molar refractivity (Wildman–Crippen MR) is 134 cm³/mol. The summed E-state index contributed by atoms with van der Waals surface area (Å²) in [6.07, 6.45) is 0.0709. The number of nitrogens with zero attached hydrogens (tertiary/aromatic N) is 2. The zero-order valence-electron chi connectivity index (χ0n) is 21.1. The number of esters is 1. The van der Waals surface area contributed by atoms with Gasteiger partial charge in [-0.1, -0.05) is 37.3 Å². The number of sulfonamides is 1. The zero-order valence-corrected chi connectivity index (χ0v) is 21.9. The zero-order chi connectivity index (χ0) is 26.3. The lowest BCUT2D eigenvalue weighted by Gasteiger charge is -2.31. The molecule has 0 spiro atoms. The van der Waals surface area contributed by atoms with E-state index >= 15 is 0 Å². The van der Waals surface area contributed by atoms with E-state index in [0.29, 0.717) is 18.7 Å². The number of hydrogen-bond acceptors (Lipinski definition) is 7. The minimum atomic E-state index is -4.03. The first-order valence-electron chi connectivity index (χ1n) is 11.9. The van der Waals surface area contributed by atoms with Crippen molar-refractivity contribution in [2.45, 2.75) is 56.4 Å². The lowest BCUT2D eigenvalue weighted by atomic mass is 10.1. The van der Waals surface area contributed by atoms with E-state index in [9.17, 15) is 18.0 Å². The van der Waals surface area contributed by atoms with E-state index in [1.807, 2.05) is 37.3 Å². The Balaban J connectivity index is 1.82. The van der Waals surface area contributed by atoms with Crippen molar-refractivity contribution in [1.82, 2.24) is 9.21 Å². The average Bonchev–Trinajstić information content (AvgIpc) is 3.36. The molecule has 2 aromatic rings. The molecule has 0 unspecified atom stereocenters. The molecule has 1 amide bonds. The number of benzene rings is 2. The number of amides is 1.